The normalized spacial score (nSPS) is 10.9. The molecule has 2 aromatic carbocycles. The number of nitrogens with two attached hydrogens (primary N) is 1. The monoisotopic (exact) mass is 351 g/mol. The topological polar surface area (TPSA) is 53.1 Å². The maximum atomic E-state index is 6.28. The number of fused-ring (bicyclic) bond motifs is 1. The van der Waals surface area contributed by atoms with Crippen molar-refractivity contribution in [2.24, 2.45) is 0 Å². The molecular weight excluding hydrogens is 342 g/mol. The number of aromatic nitrogens is 2. The standard InChI is InChI=1S/C14H11BrClN3O/c1-20-10-6-8(15)5-9(7-10)19-13-11(16)3-2-4-12(13)18-14(19)17/h2-7H,1H3,(H2,17,18). The van der Waals surface area contributed by atoms with Crippen LogP contribution in [0, 0.1) is 0 Å². The maximum Gasteiger partial charge on any atom is 0.205 e. The van der Waals surface area contributed by atoms with E-state index in [1.54, 1.807) is 7.11 Å². The largest absolute Gasteiger partial charge is 0.497 e. The van der Waals surface area contributed by atoms with Gasteiger partial charge in [-0.2, -0.15) is 0 Å². The van der Waals surface area contributed by atoms with Crippen molar-refractivity contribution in [3.63, 3.8) is 0 Å². The lowest BCUT2D eigenvalue weighted by Gasteiger charge is -2.10. The van der Waals surface area contributed by atoms with E-state index in [4.69, 9.17) is 22.1 Å². The first-order chi connectivity index (χ1) is 9.60. The Hall–Kier alpha value is -1.72. The van der Waals surface area contributed by atoms with Crippen LogP contribution in [0.2, 0.25) is 5.02 Å². The second-order valence-electron chi connectivity index (χ2n) is 4.26. The van der Waals surface area contributed by atoms with Crippen LogP contribution in [-0.2, 0) is 0 Å². The van der Waals surface area contributed by atoms with Crippen molar-refractivity contribution in [1.29, 1.82) is 0 Å². The van der Waals surface area contributed by atoms with Gasteiger partial charge in [-0.15, -0.1) is 0 Å². The minimum absolute atomic E-state index is 0.383. The third kappa shape index (κ3) is 2.13. The van der Waals surface area contributed by atoms with Crippen LogP contribution in [-0.4, -0.2) is 16.7 Å². The fraction of sp³-hybridized carbons (Fsp3) is 0.0714. The molecule has 0 unspecified atom stereocenters. The van der Waals surface area contributed by atoms with Gasteiger partial charge >= 0.3 is 0 Å². The number of imidazole rings is 1. The van der Waals surface area contributed by atoms with Crippen molar-refractivity contribution in [1.82, 2.24) is 9.55 Å². The van der Waals surface area contributed by atoms with Gasteiger partial charge in [0, 0.05) is 10.5 Å². The van der Waals surface area contributed by atoms with Gasteiger partial charge in [0.05, 0.1) is 28.9 Å². The van der Waals surface area contributed by atoms with Crippen LogP contribution < -0.4 is 10.5 Å². The molecule has 0 aliphatic carbocycles. The number of nitrogen functional groups attached to an aromatic ring is 1. The molecule has 0 atom stereocenters. The average Bonchev–Trinajstić information content (AvgIpc) is 2.75. The van der Waals surface area contributed by atoms with Gasteiger partial charge in [0.15, 0.2) is 0 Å². The van der Waals surface area contributed by atoms with E-state index in [0.717, 1.165) is 26.9 Å². The van der Waals surface area contributed by atoms with E-state index in [0.29, 0.717) is 11.0 Å². The number of para-hydroxylation sites is 1. The first-order valence-corrected chi connectivity index (χ1v) is 7.04. The van der Waals surface area contributed by atoms with Crippen molar-refractivity contribution in [3.8, 4) is 11.4 Å². The fourth-order valence-electron chi connectivity index (χ4n) is 2.16. The lowest BCUT2D eigenvalue weighted by atomic mass is 10.2. The molecule has 0 spiro atoms. The molecule has 3 aromatic rings. The molecule has 6 heteroatoms. The average molecular weight is 353 g/mol. The molecule has 0 bridgehead atoms. The molecule has 0 saturated carbocycles. The van der Waals surface area contributed by atoms with E-state index in [9.17, 15) is 0 Å². The molecule has 4 nitrogen and oxygen atoms in total. The van der Waals surface area contributed by atoms with E-state index < -0.39 is 0 Å². The lowest BCUT2D eigenvalue weighted by Crippen LogP contribution is -2.01. The molecule has 102 valence electrons. The Morgan fingerprint density at radius 3 is 2.85 bits per heavy atom. The molecule has 0 aliphatic heterocycles. The minimum Gasteiger partial charge on any atom is -0.497 e. The van der Waals surface area contributed by atoms with Crippen LogP contribution in [0.15, 0.2) is 40.9 Å². The third-order valence-corrected chi connectivity index (χ3v) is 3.77. The van der Waals surface area contributed by atoms with Gasteiger partial charge in [0.2, 0.25) is 5.95 Å². The molecule has 2 N–H and O–H groups in total. The van der Waals surface area contributed by atoms with E-state index in [-0.39, 0.29) is 0 Å². The first-order valence-electron chi connectivity index (χ1n) is 5.87. The number of nitrogens with zero attached hydrogens (tertiary/aromatic N) is 2. The molecule has 0 fully saturated rings. The summed E-state index contributed by atoms with van der Waals surface area (Å²) in [6.45, 7) is 0. The summed E-state index contributed by atoms with van der Waals surface area (Å²) < 4.78 is 7.98. The zero-order valence-electron chi connectivity index (χ0n) is 10.6. The predicted molar refractivity (Wildman–Crippen MR) is 84.7 cm³/mol. The number of ether oxygens (including phenoxy) is 1. The van der Waals surface area contributed by atoms with E-state index >= 15 is 0 Å². The maximum absolute atomic E-state index is 6.28. The number of methoxy groups -OCH3 is 1. The highest BCUT2D eigenvalue weighted by Crippen LogP contribution is 2.31. The SMILES string of the molecule is COc1cc(Br)cc(-n2c(N)nc3cccc(Cl)c32)c1. The number of hydrogen-bond acceptors (Lipinski definition) is 3. The van der Waals surface area contributed by atoms with E-state index in [1.807, 2.05) is 41.0 Å². The number of rotatable bonds is 2. The summed E-state index contributed by atoms with van der Waals surface area (Å²) in [5.74, 6) is 1.11. The summed E-state index contributed by atoms with van der Waals surface area (Å²) in [4.78, 5) is 4.34. The smallest absolute Gasteiger partial charge is 0.205 e. The van der Waals surface area contributed by atoms with Gasteiger partial charge in [-0.1, -0.05) is 33.6 Å². The molecule has 3 rings (SSSR count). The van der Waals surface area contributed by atoms with Crippen molar-refractivity contribution >= 4 is 44.5 Å². The van der Waals surface area contributed by atoms with Crippen LogP contribution in [0.5, 0.6) is 5.75 Å². The van der Waals surface area contributed by atoms with Crippen molar-refractivity contribution in [3.05, 3.63) is 45.9 Å². The minimum atomic E-state index is 0.383. The Labute approximate surface area is 129 Å². The Morgan fingerprint density at radius 1 is 1.30 bits per heavy atom. The third-order valence-electron chi connectivity index (χ3n) is 3.00. The Kier molecular flexibility index (Phi) is 3.31. The fourth-order valence-corrected chi connectivity index (χ4v) is 2.87. The zero-order valence-corrected chi connectivity index (χ0v) is 12.9. The van der Waals surface area contributed by atoms with Gasteiger partial charge in [-0.05, 0) is 24.3 Å². The second-order valence-corrected chi connectivity index (χ2v) is 5.59. The quantitative estimate of drug-likeness (QED) is 0.757. The summed E-state index contributed by atoms with van der Waals surface area (Å²) in [5.41, 5.74) is 8.41. The summed E-state index contributed by atoms with van der Waals surface area (Å²) in [5, 5.41) is 0.602. The van der Waals surface area contributed by atoms with Crippen LogP contribution in [0.25, 0.3) is 16.7 Å². The van der Waals surface area contributed by atoms with Gasteiger partial charge in [0.25, 0.3) is 0 Å². The Morgan fingerprint density at radius 2 is 2.10 bits per heavy atom. The van der Waals surface area contributed by atoms with Crippen LogP contribution in [0.3, 0.4) is 0 Å². The molecule has 1 heterocycles. The van der Waals surface area contributed by atoms with Crippen LogP contribution in [0.4, 0.5) is 5.95 Å². The summed E-state index contributed by atoms with van der Waals surface area (Å²) in [6, 6.07) is 11.2. The first kappa shape index (κ1) is 13.3. The van der Waals surface area contributed by atoms with Crippen LogP contribution >= 0.6 is 27.5 Å². The molecule has 0 saturated heterocycles. The van der Waals surface area contributed by atoms with Gasteiger partial charge < -0.3 is 10.5 Å². The van der Waals surface area contributed by atoms with Gasteiger partial charge in [-0.25, -0.2) is 4.98 Å². The molecule has 0 aliphatic rings. The van der Waals surface area contributed by atoms with Crippen LogP contribution in [0.1, 0.15) is 0 Å². The van der Waals surface area contributed by atoms with Gasteiger partial charge in [-0.3, -0.25) is 4.57 Å². The number of halogens is 2. The number of benzene rings is 2. The lowest BCUT2D eigenvalue weighted by molar-refractivity contribution is 0.414. The Balaban J connectivity index is 2.34. The molecule has 1 aromatic heterocycles. The summed E-state index contributed by atoms with van der Waals surface area (Å²) in [6.07, 6.45) is 0. The number of hydrogen-bond donors (Lipinski definition) is 1. The van der Waals surface area contributed by atoms with E-state index in [2.05, 4.69) is 20.9 Å². The highest BCUT2D eigenvalue weighted by atomic mass is 79.9. The summed E-state index contributed by atoms with van der Waals surface area (Å²) in [7, 11) is 1.62. The Bertz CT molecular complexity index is 800. The van der Waals surface area contributed by atoms with Crippen molar-refractivity contribution in [2.45, 2.75) is 0 Å². The van der Waals surface area contributed by atoms with Crippen molar-refractivity contribution < 1.29 is 4.74 Å². The highest BCUT2D eigenvalue weighted by Gasteiger charge is 2.14. The van der Waals surface area contributed by atoms with E-state index in [1.165, 1.54) is 0 Å². The highest BCUT2D eigenvalue weighted by molar-refractivity contribution is 9.10. The molecule has 0 amide bonds. The predicted octanol–water partition coefficient (Wildman–Crippen LogP) is 4.03. The molecular formula is C14H11BrClN3O. The zero-order chi connectivity index (χ0) is 14.3. The molecule has 20 heavy (non-hydrogen) atoms. The number of anilines is 1. The molecule has 0 radical (unpaired) electrons. The van der Waals surface area contributed by atoms with Crippen molar-refractivity contribution in [2.75, 3.05) is 12.8 Å². The summed E-state index contributed by atoms with van der Waals surface area (Å²) >= 11 is 9.74. The van der Waals surface area contributed by atoms with Gasteiger partial charge in [0.1, 0.15) is 5.75 Å². The second kappa shape index (κ2) is 5.00.